The van der Waals surface area contributed by atoms with Crippen LogP contribution in [0.15, 0.2) is 54.6 Å². The highest BCUT2D eigenvalue weighted by atomic mass is 16.2. The topological polar surface area (TPSA) is 84.7 Å². The molecule has 2 aromatic carbocycles. The van der Waals surface area contributed by atoms with Gasteiger partial charge in [-0.1, -0.05) is 18.2 Å². The maximum atomic E-state index is 11.8. The van der Waals surface area contributed by atoms with E-state index in [1.54, 1.807) is 4.68 Å². The van der Waals surface area contributed by atoms with E-state index in [0.29, 0.717) is 0 Å². The number of tetrazole rings is 1. The number of carbonyl (C=O) groups excluding carboxylic acids is 1. The highest BCUT2D eigenvalue weighted by molar-refractivity contribution is 5.94. The maximum Gasteiger partial charge on any atom is 0.227 e. The molecule has 0 saturated heterocycles. The first-order valence-corrected chi connectivity index (χ1v) is 8.72. The van der Waals surface area contributed by atoms with Gasteiger partial charge in [0.05, 0.1) is 11.7 Å². The molecular weight excluding hydrogens is 328 g/mol. The number of benzene rings is 2. The van der Waals surface area contributed by atoms with Crippen LogP contribution in [0.4, 0.5) is 11.4 Å². The van der Waals surface area contributed by atoms with Crippen molar-refractivity contribution in [2.75, 3.05) is 10.6 Å². The van der Waals surface area contributed by atoms with Crippen molar-refractivity contribution in [3.63, 3.8) is 0 Å². The SMILES string of the molecule is CC(Nc1ccc(NC(=O)C2CC2)cc1)c1nnnn1-c1ccccc1. The quantitative estimate of drug-likeness (QED) is 0.715. The van der Waals surface area contributed by atoms with Gasteiger partial charge in [0.1, 0.15) is 0 Å². The summed E-state index contributed by atoms with van der Waals surface area (Å²) in [6.07, 6.45) is 2.00. The van der Waals surface area contributed by atoms with Crippen LogP contribution in [0, 0.1) is 5.92 Å². The zero-order chi connectivity index (χ0) is 17.9. The summed E-state index contributed by atoms with van der Waals surface area (Å²) in [6.45, 7) is 2.01. The molecule has 1 aromatic heterocycles. The molecule has 0 radical (unpaired) electrons. The number of rotatable bonds is 6. The van der Waals surface area contributed by atoms with E-state index in [9.17, 15) is 4.79 Å². The fraction of sp³-hybridized carbons (Fsp3) is 0.263. The van der Waals surface area contributed by atoms with Crippen molar-refractivity contribution in [3.05, 3.63) is 60.4 Å². The zero-order valence-electron chi connectivity index (χ0n) is 14.5. The minimum atomic E-state index is -0.0860. The molecule has 4 rings (SSSR count). The first-order valence-electron chi connectivity index (χ1n) is 8.72. The average molecular weight is 348 g/mol. The van der Waals surface area contributed by atoms with Gasteiger partial charge >= 0.3 is 0 Å². The van der Waals surface area contributed by atoms with E-state index < -0.39 is 0 Å². The summed E-state index contributed by atoms with van der Waals surface area (Å²) < 4.78 is 1.72. The molecule has 26 heavy (non-hydrogen) atoms. The van der Waals surface area contributed by atoms with Gasteiger partial charge in [-0.05, 0) is 66.6 Å². The Morgan fingerprint density at radius 3 is 2.46 bits per heavy atom. The number of hydrogen-bond acceptors (Lipinski definition) is 5. The summed E-state index contributed by atoms with van der Waals surface area (Å²) in [7, 11) is 0. The van der Waals surface area contributed by atoms with Crippen LogP contribution < -0.4 is 10.6 Å². The Balaban J connectivity index is 1.44. The monoisotopic (exact) mass is 348 g/mol. The summed E-state index contributed by atoms with van der Waals surface area (Å²) in [4.78, 5) is 11.8. The Bertz CT molecular complexity index is 886. The van der Waals surface area contributed by atoms with E-state index in [1.165, 1.54) is 0 Å². The van der Waals surface area contributed by atoms with Crippen molar-refractivity contribution in [1.82, 2.24) is 20.2 Å². The molecule has 2 N–H and O–H groups in total. The van der Waals surface area contributed by atoms with Gasteiger partial charge in [0, 0.05) is 17.3 Å². The molecule has 1 unspecified atom stereocenters. The summed E-state index contributed by atoms with van der Waals surface area (Å²) in [5, 5.41) is 18.4. The molecule has 7 nitrogen and oxygen atoms in total. The normalized spacial score (nSPS) is 14.7. The Morgan fingerprint density at radius 2 is 1.77 bits per heavy atom. The first-order chi connectivity index (χ1) is 12.7. The van der Waals surface area contributed by atoms with Crippen molar-refractivity contribution in [1.29, 1.82) is 0 Å². The lowest BCUT2D eigenvalue weighted by molar-refractivity contribution is -0.117. The molecule has 1 fully saturated rings. The largest absolute Gasteiger partial charge is 0.375 e. The summed E-state index contributed by atoms with van der Waals surface area (Å²) in [6, 6.07) is 17.4. The third-order valence-corrected chi connectivity index (χ3v) is 4.37. The van der Waals surface area contributed by atoms with Crippen molar-refractivity contribution in [2.45, 2.75) is 25.8 Å². The summed E-state index contributed by atoms with van der Waals surface area (Å²) >= 11 is 0. The van der Waals surface area contributed by atoms with E-state index in [0.717, 1.165) is 35.7 Å². The Labute approximate surface area is 151 Å². The summed E-state index contributed by atoms with van der Waals surface area (Å²) in [5.41, 5.74) is 2.66. The van der Waals surface area contributed by atoms with Gasteiger partial charge < -0.3 is 10.6 Å². The zero-order valence-corrected chi connectivity index (χ0v) is 14.5. The number of nitrogens with one attached hydrogen (secondary N) is 2. The van der Waals surface area contributed by atoms with Crippen LogP contribution in [0.2, 0.25) is 0 Å². The lowest BCUT2D eigenvalue weighted by Crippen LogP contribution is -2.14. The van der Waals surface area contributed by atoms with E-state index in [-0.39, 0.29) is 17.9 Å². The Hall–Kier alpha value is -3.22. The van der Waals surface area contributed by atoms with E-state index in [2.05, 4.69) is 26.2 Å². The third-order valence-electron chi connectivity index (χ3n) is 4.37. The number of amides is 1. The maximum absolute atomic E-state index is 11.8. The van der Waals surface area contributed by atoms with E-state index >= 15 is 0 Å². The molecule has 1 amide bonds. The van der Waals surface area contributed by atoms with Crippen LogP contribution in [0.25, 0.3) is 5.69 Å². The lowest BCUT2D eigenvalue weighted by atomic mass is 10.2. The van der Waals surface area contributed by atoms with Gasteiger partial charge in [-0.3, -0.25) is 4.79 Å². The molecular formula is C19H20N6O. The minimum absolute atomic E-state index is 0.0860. The molecule has 1 atom stereocenters. The molecule has 7 heteroatoms. The number of hydrogen-bond donors (Lipinski definition) is 2. The highest BCUT2D eigenvalue weighted by Crippen LogP contribution is 2.30. The molecule has 0 bridgehead atoms. The molecule has 1 aliphatic carbocycles. The second kappa shape index (κ2) is 6.95. The Kier molecular flexibility index (Phi) is 4.35. The molecule has 1 saturated carbocycles. The number of nitrogens with zero attached hydrogens (tertiary/aromatic N) is 4. The smallest absolute Gasteiger partial charge is 0.227 e. The van der Waals surface area contributed by atoms with Gasteiger partial charge in [-0.25, -0.2) is 0 Å². The first kappa shape index (κ1) is 16.3. The van der Waals surface area contributed by atoms with Crippen LogP contribution in [0.3, 0.4) is 0 Å². The fourth-order valence-corrected chi connectivity index (χ4v) is 2.77. The van der Waals surface area contributed by atoms with Crippen molar-refractivity contribution >= 4 is 17.3 Å². The molecule has 0 aliphatic heterocycles. The second-order valence-electron chi connectivity index (χ2n) is 6.49. The average Bonchev–Trinajstić information content (AvgIpc) is 3.40. The standard InChI is InChI=1S/C19H20N6O/c1-13(18-22-23-24-25(18)17-5-3-2-4-6-17)20-15-9-11-16(12-10-15)21-19(26)14-7-8-14/h2-6,9-14,20H,7-8H2,1H3,(H,21,26). The van der Waals surface area contributed by atoms with Crippen molar-refractivity contribution in [3.8, 4) is 5.69 Å². The van der Waals surface area contributed by atoms with Gasteiger partial charge in [-0.2, -0.15) is 4.68 Å². The predicted molar refractivity (Wildman–Crippen MR) is 99.0 cm³/mol. The molecule has 1 aliphatic rings. The number of carbonyl (C=O) groups is 1. The van der Waals surface area contributed by atoms with Gasteiger partial charge in [0.15, 0.2) is 5.82 Å². The van der Waals surface area contributed by atoms with Gasteiger partial charge in [0.2, 0.25) is 5.91 Å². The lowest BCUT2D eigenvalue weighted by Gasteiger charge is -2.15. The van der Waals surface area contributed by atoms with E-state index in [1.807, 2.05) is 61.5 Å². The predicted octanol–water partition coefficient (Wildman–Crippen LogP) is 3.18. The van der Waals surface area contributed by atoms with Crippen molar-refractivity contribution < 1.29 is 4.79 Å². The van der Waals surface area contributed by atoms with Crippen LogP contribution in [-0.4, -0.2) is 26.1 Å². The third kappa shape index (κ3) is 3.56. The number of aromatic nitrogens is 4. The van der Waals surface area contributed by atoms with Crippen LogP contribution >= 0.6 is 0 Å². The number of anilines is 2. The van der Waals surface area contributed by atoms with Crippen molar-refractivity contribution in [2.24, 2.45) is 5.92 Å². The van der Waals surface area contributed by atoms with Gasteiger partial charge in [-0.15, -0.1) is 5.10 Å². The highest BCUT2D eigenvalue weighted by Gasteiger charge is 2.29. The molecule has 132 valence electrons. The van der Waals surface area contributed by atoms with Crippen LogP contribution in [0.5, 0.6) is 0 Å². The molecule has 1 heterocycles. The van der Waals surface area contributed by atoms with Gasteiger partial charge in [0.25, 0.3) is 0 Å². The van der Waals surface area contributed by atoms with Crippen LogP contribution in [0.1, 0.15) is 31.6 Å². The van der Waals surface area contributed by atoms with E-state index in [4.69, 9.17) is 0 Å². The summed E-state index contributed by atoms with van der Waals surface area (Å²) in [5.74, 6) is 1.04. The second-order valence-corrected chi connectivity index (χ2v) is 6.49. The number of para-hydroxylation sites is 1. The molecule has 3 aromatic rings. The fourth-order valence-electron chi connectivity index (χ4n) is 2.77. The van der Waals surface area contributed by atoms with Crippen LogP contribution in [-0.2, 0) is 4.79 Å². The Morgan fingerprint density at radius 1 is 1.08 bits per heavy atom. The molecule has 0 spiro atoms. The minimum Gasteiger partial charge on any atom is -0.375 e.